The lowest BCUT2D eigenvalue weighted by Crippen LogP contribution is -2.39. The number of anilines is 1. The van der Waals surface area contributed by atoms with Crippen molar-refractivity contribution < 1.29 is 18.6 Å². The molecule has 1 fully saturated rings. The predicted octanol–water partition coefficient (Wildman–Crippen LogP) is 3.98. The Morgan fingerprint density at radius 1 is 1.00 bits per heavy atom. The Morgan fingerprint density at radius 3 is 2.50 bits per heavy atom. The van der Waals surface area contributed by atoms with E-state index in [0.29, 0.717) is 18.9 Å². The SMILES string of the molecule is Oc1c(F)cc2nnn(-c3ccc(N4CCOC[C@@H]4c4ccccc4)cc3)c2c1F. The lowest BCUT2D eigenvalue weighted by atomic mass is 10.0. The van der Waals surface area contributed by atoms with Crippen LogP contribution in [0.3, 0.4) is 0 Å². The van der Waals surface area contributed by atoms with Gasteiger partial charge < -0.3 is 14.7 Å². The minimum absolute atomic E-state index is 0.0317. The highest BCUT2D eigenvalue weighted by Gasteiger charge is 2.25. The summed E-state index contributed by atoms with van der Waals surface area (Å²) in [6, 6.07) is 18.6. The van der Waals surface area contributed by atoms with E-state index in [1.54, 1.807) is 12.1 Å². The van der Waals surface area contributed by atoms with Crippen LogP contribution in [-0.2, 0) is 4.74 Å². The normalized spacial score (nSPS) is 16.9. The molecule has 0 aliphatic carbocycles. The topological polar surface area (TPSA) is 63.4 Å². The van der Waals surface area contributed by atoms with Crippen molar-refractivity contribution in [2.45, 2.75) is 6.04 Å². The molecule has 3 aromatic carbocycles. The Balaban J connectivity index is 1.50. The van der Waals surface area contributed by atoms with Gasteiger partial charge >= 0.3 is 0 Å². The number of morpholine rings is 1. The Labute approximate surface area is 170 Å². The highest BCUT2D eigenvalue weighted by molar-refractivity contribution is 5.79. The van der Waals surface area contributed by atoms with E-state index in [1.165, 1.54) is 10.2 Å². The van der Waals surface area contributed by atoms with Crippen molar-refractivity contribution in [2.24, 2.45) is 0 Å². The molecule has 6 nitrogen and oxygen atoms in total. The number of rotatable bonds is 3. The number of aromatic hydroxyl groups is 1. The van der Waals surface area contributed by atoms with Gasteiger partial charge in [-0.1, -0.05) is 35.5 Å². The summed E-state index contributed by atoms with van der Waals surface area (Å²) in [6.45, 7) is 1.97. The molecule has 1 aromatic heterocycles. The first kappa shape index (κ1) is 18.5. The molecule has 1 atom stereocenters. The minimum Gasteiger partial charge on any atom is -0.503 e. The maximum atomic E-state index is 14.4. The number of fused-ring (bicyclic) bond motifs is 1. The number of ether oxygens (including phenoxy) is 1. The van der Waals surface area contributed by atoms with Crippen LogP contribution in [0.2, 0.25) is 0 Å². The maximum absolute atomic E-state index is 14.4. The summed E-state index contributed by atoms with van der Waals surface area (Å²) in [6.07, 6.45) is 0. The van der Waals surface area contributed by atoms with Gasteiger partial charge in [-0.05, 0) is 29.8 Å². The number of hydrogen-bond donors (Lipinski definition) is 1. The standard InChI is InChI=1S/C22H18F2N4O2/c23-17-12-18-21(20(24)22(17)29)28(26-25-18)16-8-6-15(7-9-16)27-10-11-30-13-19(27)14-4-2-1-3-5-14/h1-9,12,19,29H,10-11,13H2/t19-/m1/s1. The quantitative estimate of drug-likeness (QED) is 0.556. The summed E-state index contributed by atoms with van der Waals surface area (Å²) in [7, 11) is 0. The largest absolute Gasteiger partial charge is 0.503 e. The molecule has 0 saturated carbocycles. The van der Waals surface area contributed by atoms with E-state index in [2.05, 4.69) is 27.3 Å². The first-order valence-corrected chi connectivity index (χ1v) is 9.55. The Morgan fingerprint density at radius 2 is 1.73 bits per heavy atom. The molecule has 5 rings (SSSR count). The van der Waals surface area contributed by atoms with Crippen LogP contribution in [0, 0.1) is 11.6 Å². The molecule has 30 heavy (non-hydrogen) atoms. The summed E-state index contributed by atoms with van der Waals surface area (Å²) in [5.41, 5.74) is 2.67. The Hall–Kier alpha value is -3.52. The van der Waals surface area contributed by atoms with E-state index in [4.69, 9.17) is 4.74 Å². The van der Waals surface area contributed by atoms with Gasteiger partial charge in [0.15, 0.2) is 17.4 Å². The minimum atomic E-state index is -1.09. The summed E-state index contributed by atoms with van der Waals surface area (Å²) in [5, 5.41) is 17.4. The van der Waals surface area contributed by atoms with Gasteiger partial charge in [-0.15, -0.1) is 5.10 Å². The van der Waals surface area contributed by atoms with Gasteiger partial charge in [0.25, 0.3) is 0 Å². The van der Waals surface area contributed by atoms with Gasteiger partial charge in [-0.3, -0.25) is 0 Å². The lowest BCUT2D eigenvalue weighted by Gasteiger charge is -2.37. The lowest BCUT2D eigenvalue weighted by molar-refractivity contribution is 0.0941. The zero-order valence-electron chi connectivity index (χ0n) is 15.9. The first-order chi connectivity index (χ1) is 14.6. The Kier molecular flexibility index (Phi) is 4.55. The van der Waals surface area contributed by atoms with Gasteiger partial charge in [0, 0.05) is 18.3 Å². The van der Waals surface area contributed by atoms with E-state index in [0.717, 1.165) is 18.3 Å². The van der Waals surface area contributed by atoms with E-state index < -0.39 is 17.4 Å². The molecule has 0 radical (unpaired) electrons. The molecule has 2 heterocycles. The van der Waals surface area contributed by atoms with Crippen molar-refractivity contribution in [1.29, 1.82) is 0 Å². The number of aromatic nitrogens is 3. The van der Waals surface area contributed by atoms with Crippen molar-refractivity contribution in [3.8, 4) is 11.4 Å². The van der Waals surface area contributed by atoms with Crippen molar-refractivity contribution in [3.63, 3.8) is 0 Å². The second-order valence-corrected chi connectivity index (χ2v) is 7.10. The van der Waals surface area contributed by atoms with Crippen molar-refractivity contribution >= 4 is 16.7 Å². The zero-order valence-corrected chi connectivity index (χ0v) is 15.9. The number of nitrogens with zero attached hydrogens (tertiary/aromatic N) is 4. The fourth-order valence-electron chi connectivity index (χ4n) is 3.83. The third kappa shape index (κ3) is 3.05. The molecular formula is C22H18F2N4O2. The molecule has 0 amide bonds. The number of phenolic OH excluding ortho intramolecular Hbond substituents is 1. The summed E-state index contributed by atoms with van der Waals surface area (Å²) < 4.78 is 35.0. The van der Waals surface area contributed by atoms with E-state index >= 15 is 0 Å². The van der Waals surface area contributed by atoms with Crippen molar-refractivity contribution in [1.82, 2.24) is 15.0 Å². The Bertz CT molecular complexity index is 1200. The van der Waals surface area contributed by atoms with Crippen LogP contribution in [0.25, 0.3) is 16.7 Å². The molecule has 0 unspecified atom stereocenters. The number of benzene rings is 3. The summed E-state index contributed by atoms with van der Waals surface area (Å²) >= 11 is 0. The zero-order chi connectivity index (χ0) is 20.7. The van der Waals surface area contributed by atoms with Crippen molar-refractivity contribution in [3.05, 3.63) is 77.9 Å². The predicted molar refractivity (Wildman–Crippen MR) is 108 cm³/mol. The highest BCUT2D eigenvalue weighted by Crippen LogP contribution is 2.32. The molecule has 8 heteroatoms. The average Bonchev–Trinajstić information content (AvgIpc) is 3.22. The fraction of sp³-hybridized carbons (Fsp3) is 0.182. The van der Waals surface area contributed by atoms with E-state index in [-0.39, 0.29) is 17.1 Å². The van der Waals surface area contributed by atoms with Crippen LogP contribution in [0.5, 0.6) is 5.75 Å². The monoisotopic (exact) mass is 408 g/mol. The van der Waals surface area contributed by atoms with Gasteiger partial charge in [0.05, 0.1) is 24.9 Å². The smallest absolute Gasteiger partial charge is 0.195 e. The number of hydrogen-bond acceptors (Lipinski definition) is 5. The van der Waals surface area contributed by atoms with Gasteiger partial charge in [-0.25, -0.2) is 13.5 Å². The first-order valence-electron chi connectivity index (χ1n) is 9.55. The van der Waals surface area contributed by atoms with Crippen LogP contribution >= 0.6 is 0 Å². The number of halogens is 2. The summed E-state index contributed by atoms with van der Waals surface area (Å²) in [4.78, 5) is 2.27. The van der Waals surface area contributed by atoms with Crippen LogP contribution in [-0.4, -0.2) is 39.9 Å². The van der Waals surface area contributed by atoms with E-state index in [1.807, 2.05) is 30.3 Å². The molecule has 1 aliphatic heterocycles. The van der Waals surface area contributed by atoms with Crippen LogP contribution in [0.4, 0.5) is 14.5 Å². The molecule has 4 aromatic rings. The fourth-order valence-corrected chi connectivity index (χ4v) is 3.83. The van der Waals surface area contributed by atoms with Crippen LogP contribution in [0.1, 0.15) is 11.6 Å². The van der Waals surface area contributed by atoms with Crippen LogP contribution < -0.4 is 4.90 Å². The average molecular weight is 408 g/mol. The van der Waals surface area contributed by atoms with Gasteiger partial charge in [0.2, 0.25) is 0 Å². The third-order valence-electron chi connectivity index (χ3n) is 5.34. The second-order valence-electron chi connectivity index (χ2n) is 7.10. The molecule has 1 saturated heterocycles. The molecular weight excluding hydrogens is 390 g/mol. The van der Waals surface area contributed by atoms with Crippen molar-refractivity contribution in [2.75, 3.05) is 24.7 Å². The van der Waals surface area contributed by atoms with Gasteiger partial charge in [0.1, 0.15) is 11.0 Å². The maximum Gasteiger partial charge on any atom is 0.195 e. The molecule has 0 bridgehead atoms. The van der Waals surface area contributed by atoms with E-state index in [9.17, 15) is 13.9 Å². The molecule has 0 spiro atoms. The molecule has 1 aliphatic rings. The molecule has 1 N–H and O–H groups in total. The summed E-state index contributed by atoms with van der Waals surface area (Å²) in [5.74, 6) is -3.19. The highest BCUT2D eigenvalue weighted by atomic mass is 19.1. The van der Waals surface area contributed by atoms with Crippen LogP contribution in [0.15, 0.2) is 60.7 Å². The van der Waals surface area contributed by atoms with Gasteiger partial charge in [-0.2, -0.15) is 0 Å². The third-order valence-corrected chi connectivity index (χ3v) is 5.34. The number of phenols is 1. The molecule has 152 valence electrons. The second kappa shape index (κ2) is 7.38.